The summed E-state index contributed by atoms with van der Waals surface area (Å²) < 4.78 is 0. The highest BCUT2D eigenvalue weighted by atomic mass is 32.1. The summed E-state index contributed by atoms with van der Waals surface area (Å²) in [5.74, 6) is 0.174. The monoisotopic (exact) mass is 427 g/mol. The molecule has 6 nitrogen and oxygen atoms in total. The number of nitrogens with zero attached hydrogens (tertiary/aromatic N) is 2. The van der Waals surface area contributed by atoms with E-state index in [2.05, 4.69) is 17.4 Å². The van der Waals surface area contributed by atoms with Gasteiger partial charge in [0.25, 0.3) is 5.91 Å². The molecule has 0 unspecified atom stereocenters. The topological polar surface area (TPSA) is 69.7 Å². The lowest BCUT2D eigenvalue weighted by Gasteiger charge is -2.35. The van der Waals surface area contributed by atoms with E-state index >= 15 is 0 Å². The van der Waals surface area contributed by atoms with Crippen LogP contribution in [0.1, 0.15) is 41.6 Å². The second kappa shape index (κ2) is 11.5. The predicted molar refractivity (Wildman–Crippen MR) is 118 cm³/mol. The van der Waals surface area contributed by atoms with Crippen LogP contribution in [0.3, 0.4) is 0 Å². The van der Waals surface area contributed by atoms with Gasteiger partial charge in [-0.05, 0) is 36.3 Å². The molecule has 0 radical (unpaired) electrons. The Hall–Kier alpha value is -2.67. The lowest BCUT2D eigenvalue weighted by molar-refractivity contribution is -0.139. The molecule has 0 spiro atoms. The molecule has 2 aromatic rings. The van der Waals surface area contributed by atoms with Crippen LogP contribution in [0, 0.1) is 0 Å². The van der Waals surface area contributed by atoms with Gasteiger partial charge in [0.15, 0.2) is 0 Å². The number of benzene rings is 1. The van der Waals surface area contributed by atoms with Crippen LogP contribution in [0.4, 0.5) is 0 Å². The Balaban J connectivity index is 1.28. The molecule has 0 atom stereocenters. The van der Waals surface area contributed by atoms with Crippen molar-refractivity contribution >= 4 is 29.1 Å². The van der Waals surface area contributed by atoms with Gasteiger partial charge >= 0.3 is 0 Å². The molecular weight excluding hydrogens is 398 g/mol. The molecular formula is C23H29N3O3S. The van der Waals surface area contributed by atoms with Crippen LogP contribution in [0.5, 0.6) is 0 Å². The molecule has 0 saturated carbocycles. The SMILES string of the molecule is O=C(NCCCC(=O)N1CCN(C(=O)CCCc2ccccc2)CC1)c1ccsc1. The maximum absolute atomic E-state index is 12.4. The molecule has 160 valence electrons. The number of carbonyl (C=O) groups excluding carboxylic acids is 3. The third-order valence-corrected chi connectivity index (χ3v) is 6.00. The second-order valence-electron chi connectivity index (χ2n) is 7.47. The van der Waals surface area contributed by atoms with Crippen molar-refractivity contribution in [2.45, 2.75) is 32.1 Å². The second-order valence-corrected chi connectivity index (χ2v) is 8.25. The van der Waals surface area contributed by atoms with Crippen molar-refractivity contribution in [2.75, 3.05) is 32.7 Å². The average molecular weight is 428 g/mol. The molecule has 1 N–H and O–H groups in total. The van der Waals surface area contributed by atoms with Crippen molar-refractivity contribution in [3.05, 3.63) is 58.3 Å². The highest BCUT2D eigenvalue weighted by Gasteiger charge is 2.23. The van der Waals surface area contributed by atoms with E-state index < -0.39 is 0 Å². The number of hydrogen-bond acceptors (Lipinski definition) is 4. The summed E-state index contributed by atoms with van der Waals surface area (Å²) >= 11 is 1.49. The zero-order chi connectivity index (χ0) is 21.2. The largest absolute Gasteiger partial charge is 0.352 e. The number of amides is 3. The first-order valence-corrected chi connectivity index (χ1v) is 11.5. The van der Waals surface area contributed by atoms with Gasteiger partial charge in [-0.3, -0.25) is 14.4 Å². The number of thiophene rings is 1. The molecule has 7 heteroatoms. The van der Waals surface area contributed by atoms with Gasteiger partial charge in [0, 0.05) is 56.5 Å². The summed E-state index contributed by atoms with van der Waals surface area (Å²) in [5, 5.41) is 6.52. The normalized spacial score (nSPS) is 13.9. The summed E-state index contributed by atoms with van der Waals surface area (Å²) in [4.78, 5) is 40.4. The minimum absolute atomic E-state index is 0.0935. The summed E-state index contributed by atoms with van der Waals surface area (Å²) in [6, 6.07) is 12.0. The van der Waals surface area contributed by atoms with Crippen molar-refractivity contribution in [2.24, 2.45) is 0 Å². The first kappa shape index (κ1) is 22.0. The fourth-order valence-electron chi connectivity index (χ4n) is 3.55. The third-order valence-electron chi connectivity index (χ3n) is 5.32. The predicted octanol–water partition coefficient (Wildman–Crippen LogP) is 2.95. The van der Waals surface area contributed by atoms with E-state index in [1.54, 1.807) is 6.07 Å². The van der Waals surface area contributed by atoms with Crippen molar-refractivity contribution in [3.8, 4) is 0 Å². The van der Waals surface area contributed by atoms with Gasteiger partial charge in [-0.15, -0.1) is 0 Å². The van der Waals surface area contributed by atoms with Gasteiger partial charge in [-0.2, -0.15) is 11.3 Å². The highest BCUT2D eigenvalue weighted by Crippen LogP contribution is 2.10. The van der Waals surface area contributed by atoms with Crippen molar-refractivity contribution in [3.63, 3.8) is 0 Å². The van der Waals surface area contributed by atoms with Gasteiger partial charge in [0.2, 0.25) is 11.8 Å². The first-order valence-electron chi connectivity index (χ1n) is 10.5. The Morgan fingerprint density at radius 3 is 2.10 bits per heavy atom. The molecule has 0 aliphatic carbocycles. The molecule has 1 fully saturated rings. The van der Waals surface area contributed by atoms with Gasteiger partial charge in [-0.1, -0.05) is 30.3 Å². The van der Waals surface area contributed by atoms with E-state index in [1.807, 2.05) is 38.8 Å². The Kier molecular flexibility index (Phi) is 8.44. The number of hydrogen-bond donors (Lipinski definition) is 1. The molecule has 1 aliphatic heterocycles. The quantitative estimate of drug-likeness (QED) is 0.626. The fourth-order valence-corrected chi connectivity index (χ4v) is 4.18. The lowest BCUT2D eigenvalue weighted by atomic mass is 10.1. The maximum atomic E-state index is 12.4. The van der Waals surface area contributed by atoms with Crippen molar-refractivity contribution < 1.29 is 14.4 Å². The van der Waals surface area contributed by atoms with Crippen molar-refractivity contribution in [1.29, 1.82) is 0 Å². The third kappa shape index (κ3) is 6.69. The summed E-state index contributed by atoms with van der Waals surface area (Å²) in [7, 11) is 0. The Morgan fingerprint density at radius 2 is 1.50 bits per heavy atom. The van der Waals surface area contributed by atoms with E-state index in [0.29, 0.717) is 57.5 Å². The molecule has 1 aliphatic rings. The van der Waals surface area contributed by atoms with Crippen molar-refractivity contribution in [1.82, 2.24) is 15.1 Å². The molecule has 1 saturated heterocycles. The zero-order valence-corrected chi connectivity index (χ0v) is 18.0. The number of carbonyl (C=O) groups is 3. The van der Waals surface area contributed by atoms with Gasteiger partial charge in [-0.25, -0.2) is 0 Å². The average Bonchev–Trinajstić information content (AvgIpc) is 3.32. The van der Waals surface area contributed by atoms with Crippen LogP contribution in [-0.4, -0.2) is 60.2 Å². The van der Waals surface area contributed by atoms with Crippen LogP contribution in [0.25, 0.3) is 0 Å². The summed E-state index contributed by atoms with van der Waals surface area (Å²) in [5.41, 5.74) is 1.92. The minimum Gasteiger partial charge on any atom is -0.352 e. The fraction of sp³-hybridized carbons (Fsp3) is 0.435. The van der Waals surface area contributed by atoms with Crippen LogP contribution in [0.2, 0.25) is 0 Å². The number of nitrogens with one attached hydrogen (secondary N) is 1. The van der Waals surface area contributed by atoms with Crippen LogP contribution in [-0.2, 0) is 16.0 Å². The van der Waals surface area contributed by atoms with E-state index in [-0.39, 0.29) is 17.7 Å². The highest BCUT2D eigenvalue weighted by molar-refractivity contribution is 7.08. The Labute approximate surface area is 181 Å². The van der Waals surface area contributed by atoms with E-state index in [4.69, 9.17) is 0 Å². The maximum Gasteiger partial charge on any atom is 0.252 e. The minimum atomic E-state index is -0.0944. The lowest BCUT2D eigenvalue weighted by Crippen LogP contribution is -2.50. The summed E-state index contributed by atoms with van der Waals surface area (Å²) in [6.45, 7) is 2.87. The molecule has 2 heterocycles. The van der Waals surface area contributed by atoms with E-state index in [0.717, 1.165) is 12.8 Å². The van der Waals surface area contributed by atoms with Crippen LogP contribution < -0.4 is 5.32 Å². The molecule has 0 bridgehead atoms. The van der Waals surface area contributed by atoms with Gasteiger partial charge in [0.05, 0.1) is 0 Å². The molecule has 1 aromatic heterocycles. The number of rotatable bonds is 9. The summed E-state index contributed by atoms with van der Waals surface area (Å²) in [6.07, 6.45) is 3.34. The Bertz CT molecular complexity index is 815. The molecule has 1 aromatic carbocycles. The number of piperazine rings is 1. The number of aryl methyl sites for hydroxylation is 1. The zero-order valence-electron chi connectivity index (χ0n) is 17.2. The van der Waals surface area contributed by atoms with E-state index in [9.17, 15) is 14.4 Å². The molecule has 3 amide bonds. The Morgan fingerprint density at radius 1 is 0.867 bits per heavy atom. The first-order chi connectivity index (χ1) is 14.6. The van der Waals surface area contributed by atoms with Crippen LogP contribution in [0.15, 0.2) is 47.2 Å². The van der Waals surface area contributed by atoms with Gasteiger partial charge in [0.1, 0.15) is 0 Å². The standard InChI is InChI=1S/C23H29N3O3S/c27-21(9-4-8-19-6-2-1-3-7-19)25-13-15-26(16-14-25)22(28)10-5-12-24-23(29)20-11-17-30-18-20/h1-3,6-7,11,17-18H,4-5,8-10,12-16H2,(H,24,29). The molecule has 30 heavy (non-hydrogen) atoms. The van der Waals surface area contributed by atoms with Crippen LogP contribution >= 0.6 is 11.3 Å². The van der Waals surface area contributed by atoms with Gasteiger partial charge < -0.3 is 15.1 Å². The molecule has 3 rings (SSSR count). The smallest absolute Gasteiger partial charge is 0.252 e. The van der Waals surface area contributed by atoms with E-state index in [1.165, 1.54) is 16.9 Å².